The number of hydrogen-bond donors (Lipinski definition) is 1. The van der Waals surface area contributed by atoms with E-state index in [-0.39, 0.29) is 5.91 Å². The Morgan fingerprint density at radius 3 is 2.56 bits per heavy atom. The summed E-state index contributed by atoms with van der Waals surface area (Å²) in [6.45, 7) is 0.341. The van der Waals surface area contributed by atoms with E-state index in [2.05, 4.69) is 15.3 Å². The lowest BCUT2D eigenvalue weighted by Gasteiger charge is -2.11. The molecule has 0 spiro atoms. The van der Waals surface area contributed by atoms with E-state index in [0.717, 1.165) is 5.56 Å². The number of rotatable bonds is 5. The molecule has 0 unspecified atom stereocenters. The molecule has 0 radical (unpaired) electrons. The van der Waals surface area contributed by atoms with Crippen LogP contribution in [0.1, 0.15) is 21.5 Å². The number of carbonyl (C=O) groups is 1. The highest BCUT2D eigenvalue weighted by Crippen LogP contribution is 2.22. The number of ether oxygens (including phenoxy) is 1. The zero-order chi connectivity index (χ0) is 17.5. The average molecular weight is 330 g/mol. The van der Waals surface area contributed by atoms with E-state index in [4.69, 9.17) is 10.00 Å². The third-order valence-electron chi connectivity index (χ3n) is 3.42. The third-order valence-corrected chi connectivity index (χ3v) is 3.42. The van der Waals surface area contributed by atoms with Gasteiger partial charge >= 0.3 is 0 Å². The Labute approximate surface area is 144 Å². The summed E-state index contributed by atoms with van der Waals surface area (Å²) >= 11 is 0. The van der Waals surface area contributed by atoms with Gasteiger partial charge in [-0.05, 0) is 54.1 Å². The summed E-state index contributed by atoms with van der Waals surface area (Å²) < 4.78 is 5.75. The predicted molar refractivity (Wildman–Crippen MR) is 91.9 cm³/mol. The minimum absolute atomic E-state index is 0.322. The number of nitriles is 1. The number of pyridine rings is 2. The normalized spacial score (nSPS) is 9.88. The molecule has 122 valence electrons. The van der Waals surface area contributed by atoms with Gasteiger partial charge < -0.3 is 10.1 Å². The van der Waals surface area contributed by atoms with Gasteiger partial charge in [0.05, 0.1) is 11.6 Å². The van der Waals surface area contributed by atoms with E-state index in [1.165, 1.54) is 0 Å². The Morgan fingerprint density at radius 1 is 1.08 bits per heavy atom. The second-order valence-corrected chi connectivity index (χ2v) is 5.14. The van der Waals surface area contributed by atoms with Crippen LogP contribution in [-0.4, -0.2) is 15.9 Å². The second kappa shape index (κ2) is 7.70. The molecule has 25 heavy (non-hydrogen) atoms. The third kappa shape index (κ3) is 4.18. The molecule has 2 heterocycles. The van der Waals surface area contributed by atoms with Crippen LogP contribution < -0.4 is 10.1 Å². The van der Waals surface area contributed by atoms with Crippen molar-refractivity contribution in [3.05, 3.63) is 83.8 Å². The van der Waals surface area contributed by atoms with Crippen molar-refractivity contribution in [1.82, 2.24) is 9.97 Å². The zero-order valence-electron chi connectivity index (χ0n) is 13.2. The lowest BCUT2D eigenvalue weighted by Crippen LogP contribution is -2.14. The molecule has 0 saturated carbocycles. The molecule has 1 aromatic carbocycles. The van der Waals surface area contributed by atoms with Crippen LogP contribution in [0.5, 0.6) is 5.75 Å². The highest BCUT2D eigenvalue weighted by atomic mass is 16.5. The molecule has 6 heteroatoms. The first kappa shape index (κ1) is 16.1. The molecule has 3 rings (SSSR count). The molecule has 6 nitrogen and oxygen atoms in total. The summed E-state index contributed by atoms with van der Waals surface area (Å²) in [6.07, 6.45) is 4.96. The first-order valence-electron chi connectivity index (χ1n) is 7.54. The topological polar surface area (TPSA) is 87.9 Å². The zero-order valence-corrected chi connectivity index (χ0v) is 13.2. The number of nitrogens with zero attached hydrogens (tertiary/aromatic N) is 3. The molecule has 0 aliphatic carbocycles. The van der Waals surface area contributed by atoms with Crippen molar-refractivity contribution >= 4 is 11.7 Å². The van der Waals surface area contributed by atoms with Crippen molar-refractivity contribution in [2.75, 3.05) is 5.32 Å². The van der Waals surface area contributed by atoms with Gasteiger partial charge in [-0.1, -0.05) is 0 Å². The number of hydrogen-bond acceptors (Lipinski definition) is 5. The molecule has 0 bridgehead atoms. The van der Waals surface area contributed by atoms with Gasteiger partial charge in [-0.3, -0.25) is 9.78 Å². The van der Waals surface area contributed by atoms with Gasteiger partial charge in [0.15, 0.2) is 11.6 Å². The van der Waals surface area contributed by atoms with Crippen LogP contribution in [0.4, 0.5) is 5.82 Å². The minimum atomic E-state index is -0.322. The Hall–Kier alpha value is -3.72. The van der Waals surface area contributed by atoms with Crippen LogP contribution >= 0.6 is 0 Å². The maximum Gasteiger partial charge on any atom is 0.256 e. The number of benzene rings is 1. The van der Waals surface area contributed by atoms with Crippen LogP contribution in [-0.2, 0) is 6.61 Å². The highest BCUT2D eigenvalue weighted by Gasteiger charge is 2.11. The predicted octanol–water partition coefficient (Wildman–Crippen LogP) is 3.18. The Morgan fingerprint density at radius 2 is 1.84 bits per heavy atom. The van der Waals surface area contributed by atoms with Crippen molar-refractivity contribution in [2.24, 2.45) is 0 Å². The second-order valence-electron chi connectivity index (χ2n) is 5.14. The summed E-state index contributed by atoms with van der Waals surface area (Å²) in [5, 5.41) is 11.5. The number of nitrogens with one attached hydrogen (secondary N) is 1. The number of carbonyl (C=O) groups excluding carboxylic acids is 1. The van der Waals surface area contributed by atoms with E-state index in [9.17, 15) is 4.79 Å². The first-order chi connectivity index (χ1) is 12.3. The largest absolute Gasteiger partial charge is 0.485 e. The summed E-state index contributed by atoms with van der Waals surface area (Å²) in [5.74, 6) is 0.490. The van der Waals surface area contributed by atoms with Crippen molar-refractivity contribution in [1.29, 1.82) is 5.26 Å². The first-order valence-corrected chi connectivity index (χ1v) is 7.54. The molecule has 0 aliphatic heterocycles. The number of aromatic nitrogens is 2. The van der Waals surface area contributed by atoms with E-state index in [1.54, 1.807) is 55.0 Å². The maximum absolute atomic E-state index is 12.3. The van der Waals surface area contributed by atoms with Gasteiger partial charge in [0.25, 0.3) is 5.91 Å². The van der Waals surface area contributed by atoms with Crippen LogP contribution in [0, 0.1) is 11.3 Å². The molecule has 1 amide bonds. The van der Waals surface area contributed by atoms with Crippen molar-refractivity contribution < 1.29 is 9.53 Å². The molecule has 1 N–H and O–H groups in total. The number of anilines is 1. The Bertz CT molecular complexity index is 903. The Balaban J connectivity index is 1.71. The number of amides is 1. The van der Waals surface area contributed by atoms with Gasteiger partial charge in [0.1, 0.15) is 6.61 Å². The molecule has 0 fully saturated rings. The van der Waals surface area contributed by atoms with Crippen LogP contribution in [0.3, 0.4) is 0 Å². The van der Waals surface area contributed by atoms with Crippen molar-refractivity contribution in [2.45, 2.75) is 6.61 Å². The molecule has 2 aromatic heterocycles. The smallest absolute Gasteiger partial charge is 0.256 e. The summed E-state index contributed by atoms with van der Waals surface area (Å²) in [7, 11) is 0. The summed E-state index contributed by atoms with van der Waals surface area (Å²) in [5.41, 5.74) is 1.89. The van der Waals surface area contributed by atoms with E-state index < -0.39 is 0 Å². The molecule has 0 atom stereocenters. The lowest BCUT2D eigenvalue weighted by molar-refractivity contribution is 0.102. The molecule has 3 aromatic rings. The molecular weight excluding hydrogens is 316 g/mol. The summed E-state index contributed by atoms with van der Waals surface area (Å²) in [6, 6.07) is 15.6. The molecule has 0 aliphatic rings. The lowest BCUT2D eigenvalue weighted by atomic mass is 10.1. The van der Waals surface area contributed by atoms with E-state index >= 15 is 0 Å². The summed E-state index contributed by atoms with van der Waals surface area (Å²) in [4.78, 5) is 20.5. The van der Waals surface area contributed by atoms with Crippen LogP contribution in [0.2, 0.25) is 0 Å². The van der Waals surface area contributed by atoms with Crippen molar-refractivity contribution in [3.63, 3.8) is 0 Å². The van der Waals surface area contributed by atoms with E-state index in [1.807, 2.05) is 18.2 Å². The van der Waals surface area contributed by atoms with E-state index in [0.29, 0.717) is 29.3 Å². The molecule has 0 saturated heterocycles. The maximum atomic E-state index is 12.3. The monoisotopic (exact) mass is 330 g/mol. The van der Waals surface area contributed by atoms with Gasteiger partial charge in [-0.2, -0.15) is 5.26 Å². The average Bonchev–Trinajstić information content (AvgIpc) is 2.68. The fraction of sp³-hybridized carbons (Fsp3) is 0.0526. The minimum Gasteiger partial charge on any atom is -0.485 e. The van der Waals surface area contributed by atoms with Gasteiger partial charge in [-0.25, -0.2) is 4.98 Å². The van der Waals surface area contributed by atoms with Crippen LogP contribution in [0.15, 0.2) is 67.1 Å². The van der Waals surface area contributed by atoms with Gasteiger partial charge in [0.2, 0.25) is 0 Å². The highest BCUT2D eigenvalue weighted by molar-refractivity contribution is 6.04. The quantitative estimate of drug-likeness (QED) is 0.776. The standard InChI is InChI=1S/C19H14N4O2/c20-12-14-3-5-16(6-4-14)19(24)23-18-17(2-1-9-22-18)25-13-15-7-10-21-11-8-15/h1-11H,13H2,(H,22,23,24). The SMILES string of the molecule is N#Cc1ccc(C(=O)Nc2ncccc2OCc2ccncc2)cc1. The fourth-order valence-corrected chi connectivity index (χ4v) is 2.12. The van der Waals surface area contributed by atoms with Gasteiger partial charge in [-0.15, -0.1) is 0 Å². The van der Waals surface area contributed by atoms with Gasteiger partial charge in [0, 0.05) is 24.2 Å². The van der Waals surface area contributed by atoms with Crippen molar-refractivity contribution in [3.8, 4) is 11.8 Å². The van der Waals surface area contributed by atoms with Crippen LogP contribution in [0.25, 0.3) is 0 Å². The Kier molecular flexibility index (Phi) is 4.98. The fourth-order valence-electron chi connectivity index (χ4n) is 2.12. The molecular formula is C19H14N4O2.